The molecule has 0 bridgehead atoms. The van der Waals surface area contributed by atoms with E-state index in [1.165, 1.54) is 12.1 Å². The highest BCUT2D eigenvalue weighted by Gasteiger charge is 2.15. The van der Waals surface area contributed by atoms with Crippen molar-refractivity contribution in [3.8, 4) is 5.75 Å². The minimum Gasteiger partial charge on any atom is -0.494 e. The lowest BCUT2D eigenvalue weighted by atomic mass is 10.0. The van der Waals surface area contributed by atoms with Crippen LogP contribution in [0.2, 0.25) is 0 Å². The third-order valence-electron chi connectivity index (χ3n) is 3.11. The van der Waals surface area contributed by atoms with Crippen molar-refractivity contribution >= 4 is 11.6 Å². The van der Waals surface area contributed by atoms with Crippen LogP contribution < -0.4 is 4.74 Å². The first-order valence-corrected chi connectivity index (χ1v) is 7.15. The highest BCUT2D eigenvalue weighted by atomic mass is 35.5. The fourth-order valence-corrected chi connectivity index (χ4v) is 2.53. The van der Waals surface area contributed by atoms with E-state index >= 15 is 0 Å². The predicted molar refractivity (Wildman–Crippen MR) is 81.0 cm³/mol. The first-order valence-electron chi connectivity index (χ1n) is 6.72. The molecule has 0 spiro atoms. The van der Waals surface area contributed by atoms with Crippen LogP contribution in [0, 0.1) is 12.7 Å². The minimum atomic E-state index is -0.238. The maximum atomic E-state index is 13.2. The SMILES string of the molecule is CCOc1ccc(C)cc1C(Cl)Cc1cccc(F)c1. The molecule has 0 aromatic heterocycles. The number of hydrogen-bond acceptors (Lipinski definition) is 1. The van der Waals surface area contributed by atoms with Gasteiger partial charge in [0.2, 0.25) is 0 Å². The van der Waals surface area contributed by atoms with Crippen molar-refractivity contribution < 1.29 is 9.13 Å². The van der Waals surface area contributed by atoms with Crippen LogP contribution in [0.5, 0.6) is 5.75 Å². The molecule has 106 valence electrons. The number of aryl methyl sites for hydroxylation is 1. The van der Waals surface area contributed by atoms with Gasteiger partial charge in [0.1, 0.15) is 11.6 Å². The van der Waals surface area contributed by atoms with Crippen LogP contribution in [0.3, 0.4) is 0 Å². The molecule has 0 saturated heterocycles. The van der Waals surface area contributed by atoms with Gasteiger partial charge in [0.25, 0.3) is 0 Å². The van der Waals surface area contributed by atoms with E-state index in [-0.39, 0.29) is 11.2 Å². The summed E-state index contributed by atoms with van der Waals surface area (Å²) in [5, 5.41) is -0.238. The zero-order valence-electron chi connectivity index (χ0n) is 11.7. The molecule has 0 saturated carbocycles. The van der Waals surface area contributed by atoms with Crippen LogP contribution >= 0.6 is 11.6 Å². The minimum absolute atomic E-state index is 0.236. The Morgan fingerprint density at radius 2 is 2.00 bits per heavy atom. The van der Waals surface area contributed by atoms with Gasteiger partial charge < -0.3 is 4.74 Å². The van der Waals surface area contributed by atoms with E-state index in [2.05, 4.69) is 0 Å². The lowest BCUT2D eigenvalue weighted by Crippen LogP contribution is -2.02. The Balaban J connectivity index is 2.23. The molecule has 1 atom stereocenters. The summed E-state index contributed by atoms with van der Waals surface area (Å²) in [6, 6.07) is 12.5. The molecule has 20 heavy (non-hydrogen) atoms. The zero-order chi connectivity index (χ0) is 14.5. The Bertz CT molecular complexity index is 583. The van der Waals surface area contributed by atoms with Gasteiger partial charge in [-0.3, -0.25) is 0 Å². The summed E-state index contributed by atoms with van der Waals surface area (Å²) in [5.74, 6) is 0.565. The maximum Gasteiger partial charge on any atom is 0.123 e. The summed E-state index contributed by atoms with van der Waals surface area (Å²) in [6.07, 6.45) is 0.572. The topological polar surface area (TPSA) is 9.23 Å². The molecule has 2 rings (SSSR count). The molecular weight excluding hydrogens is 275 g/mol. The van der Waals surface area contributed by atoms with Crippen molar-refractivity contribution in [2.75, 3.05) is 6.61 Å². The maximum absolute atomic E-state index is 13.2. The molecule has 0 aliphatic rings. The van der Waals surface area contributed by atoms with Crippen LogP contribution in [-0.2, 0) is 6.42 Å². The molecule has 0 N–H and O–H groups in total. The number of ether oxygens (including phenoxy) is 1. The van der Waals surface area contributed by atoms with Gasteiger partial charge in [-0.2, -0.15) is 0 Å². The van der Waals surface area contributed by atoms with Gasteiger partial charge in [-0.1, -0.05) is 29.8 Å². The first kappa shape index (κ1) is 14.9. The Morgan fingerprint density at radius 3 is 2.70 bits per heavy atom. The summed E-state index contributed by atoms with van der Waals surface area (Å²) < 4.78 is 18.8. The third-order valence-corrected chi connectivity index (χ3v) is 3.50. The van der Waals surface area contributed by atoms with E-state index in [0.717, 1.165) is 22.4 Å². The van der Waals surface area contributed by atoms with E-state index in [4.69, 9.17) is 16.3 Å². The fraction of sp³-hybridized carbons (Fsp3) is 0.294. The van der Waals surface area contributed by atoms with Crippen molar-refractivity contribution in [1.82, 2.24) is 0 Å². The van der Waals surface area contributed by atoms with Gasteiger partial charge in [-0.25, -0.2) is 4.39 Å². The highest BCUT2D eigenvalue weighted by molar-refractivity contribution is 6.21. The van der Waals surface area contributed by atoms with Crippen molar-refractivity contribution in [2.24, 2.45) is 0 Å². The van der Waals surface area contributed by atoms with Crippen molar-refractivity contribution in [1.29, 1.82) is 0 Å². The molecule has 2 aromatic carbocycles. The van der Waals surface area contributed by atoms with Gasteiger partial charge in [-0.15, -0.1) is 11.6 Å². The summed E-state index contributed by atoms with van der Waals surface area (Å²) in [7, 11) is 0. The van der Waals surface area contributed by atoms with Gasteiger partial charge in [0.15, 0.2) is 0 Å². The second-order valence-corrected chi connectivity index (χ2v) is 5.30. The standard InChI is InChI=1S/C17H18ClFO/c1-3-20-17-8-7-12(2)9-15(17)16(18)11-13-5-4-6-14(19)10-13/h4-10,16H,3,11H2,1-2H3. The van der Waals surface area contributed by atoms with Gasteiger partial charge in [0, 0.05) is 5.56 Å². The lowest BCUT2D eigenvalue weighted by molar-refractivity contribution is 0.336. The van der Waals surface area contributed by atoms with Crippen molar-refractivity contribution in [3.05, 3.63) is 65.0 Å². The summed E-state index contributed by atoms with van der Waals surface area (Å²) in [6.45, 7) is 4.56. The van der Waals surface area contributed by atoms with Crippen LogP contribution in [0.4, 0.5) is 4.39 Å². The Hall–Kier alpha value is -1.54. The second-order valence-electron chi connectivity index (χ2n) is 4.78. The Kier molecular flexibility index (Phi) is 5.02. The van der Waals surface area contributed by atoms with E-state index < -0.39 is 0 Å². The number of hydrogen-bond donors (Lipinski definition) is 0. The van der Waals surface area contributed by atoms with Crippen LogP contribution in [-0.4, -0.2) is 6.61 Å². The van der Waals surface area contributed by atoms with Crippen LogP contribution in [0.1, 0.15) is 29.0 Å². The molecule has 1 nitrogen and oxygen atoms in total. The molecule has 0 fully saturated rings. The molecule has 0 aliphatic carbocycles. The fourth-order valence-electron chi connectivity index (χ4n) is 2.18. The number of alkyl halides is 1. The van der Waals surface area contributed by atoms with Gasteiger partial charge in [0.05, 0.1) is 12.0 Å². The average molecular weight is 293 g/mol. The monoisotopic (exact) mass is 292 g/mol. The molecule has 0 aliphatic heterocycles. The second kappa shape index (κ2) is 6.76. The third kappa shape index (κ3) is 3.73. The highest BCUT2D eigenvalue weighted by Crippen LogP contribution is 2.33. The summed E-state index contributed by atoms with van der Waals surface area (Å²) in [4.78, 5) is 0. The number of benzene rings is 2. The number of halogens is 2. The van der Waals surface area contributed by atoms with Gasteiger partial charge in [-0.05, 0) is 44.0 Å². The molecular formula is C17H18ClFO. The largest absolute Gasteiger partial charge is 0.494 e. The Morgan fingerprint density at radius 1 is 1.20 bits per heavy atom. The molecule has 0 heterocycles. The molecule has 0 radical (unpaired) electrons. The van der Waals surface area contributed by atoms with E-state index in [1.807, 2.05) is 38.1 Å². The molecule has 1 unspecified atom stereocenters. The lowest BCUT2D eigenvalue weighted by Gasteiger charge is -2.16. The van der Waals surface area contributed by atoms with Crippen molar-refractivity contribution in [2.45, 2.75) is 25.6 Å². The normalized spacial score (nSPS) is 12.2. The quantitative estimate of drug-likeness (QED) is 0.700. The van der Waals surface area contributed by atoms with E-state index in [9.17, 15) is 4.39 Å². The molecule has 3 heteroatoms. The molecule has 0 amide bonds. The molecule has 2 aromatic rings. The van der Waals surface area contributed by atoms with Crippen LogP contribution in [0.25, 0.3) is 0 Å². The smallest absolute Gasteiger partial charge is 0.123 e. The summed E-state index contributed by atoms with van der Waals surface area (Å²) >= 11 is 6.50. The first-order chi connectivity index (χ1) is 9.60. The van der Waals surface area contributed by atoms with Gasteiger partial charge >= 0.3 is 0 Å². The van der Waals surface area contributed by atoms with Crippen LogP contribution in [0.15, 0.2) is 42.5 Å². The number of rotatable bonds is 5. The van der Waals surface area contributed by atoms with Crippen molar-refractivity contribution in [3.63, 3.8) is 0 Å². The van der Waals surface area contributed by atoms with E-state index in [0.29, 0.717) is 13.0 Å². The predicted octanol–water partition coefficient (Wildman–Crippen LogP) is 5.06. The summed E-state index contributed by atoms with van der Waals surface area (Å²) in [5.41, 5.74) is 2.97. The average Bonchev–Trinajstić information content (AvgIpc) is 2.41. The zero-order valence-corrected chi connectivity index (χ0v) is 12.5. The Labute approximate surface area is 124 Å². The van der Waals surface area contributed by atoms with E-state index in [1.54, 1.807) is 6.07 Å².